The molecule has 0 amide bonds. The lowest BCUT2D eigenvalue weighted by Gasteiger charge is -2.25. The Kier molecular flexibility index (Phi) is 4.10. The van der Waals surface area contributed by atoms with Gasteiger partial charge in [-0.05, 0) is 44.4 Å². The molecule has 0 heterocycles. The minimum absolute atomic E-state index is 0.361. The van der Waals surface area contributed by atoms with Crippen molar-refractivity contribution in [3.05, 3.63) is 29.3 Å². The fourth-order valence-corrected chi connectivity index (χ4v) is 2.45. The molecule has 0 aliphatic heterocycles. The molecule has 1 fully saturated rings. The van der Waals surface area contributed by atoms with E-state index in [1.807, 2.05) is 12.1 Å². The Balaban J connectivity index is 2.19. The minimum Gasteiger partial charge on any atom is -0.465 e. The molecule has 0 aromatic heterocycles. The maximum Gasteiger partial charge on any atom is 0.340 e. The number of nitrogens with two attached hydrogens (primary N) is 1. The second-order valence-electron chi connectivity index (χ2n) is 5.37. The predicted octanol–water partition coefficient (Wildman–Crippen LogP) is 2.29. The summed E-state index contributed by atoms with van der Waals surface area (Å²) in [6, 6.07) is 6.10. The fourth-order valence-electron chi connectivity index (χ4n) is 2.45. The first-order valence-corrected chi connectivity index (χ1v) is 6.70. The van der Waals surface area contributed by atoms with Crippen LogP contribution in [0.2, 0.25) is 0 Å². The summed E-state index contributed by atoms with van der Waals surface area (Å²) in [4.78, 5) is 14.1. The van der Waals surface area contributed by atoms with Gasteiger partial charge in [0.2, 0.25) is 0 Å². The van der Waals surface area contributed by atoms with Crippen molar-refractivity contribution in [1.82, 2.24) is 4.90 Å². The normalized spacial score (nSPS) is 16.4. The molecule has 1 aliphatic rings. The Morgan fingerprint density at radius 3 is 2.79 bits per heavy atom. The summed E-state index contributed by atoms with van der Waals surface area (Å²) in [5.41, 5.74) is 7.82. The highest BCUT2D eigenvalue weighted by molar-refractivity contribution is 5.96. The van der Waals surface area contributed by atoms with E-state index in [1.165, 1.54) is 20.0 Å². The van der Waals surface area contributed by atoms with E-state index >= 15 is 0 Å². The molecule has 1 unspecified atom stereocenters. The molecule has 1 aromatic carbocycles. The Hall–Kier alpha value is -1.55. The van der Waals surface area contributed by atoms with Crippen LogP contribution in [0.3, 0.4) is 0 Å². The number of benzene rings is 1. The maximum absolute atomic E-state index is 11.8. The Morgan fingerprint density at radius 2 is 2.21 bits per heavy atom. The molecule has 104 valence electrons. The molecule has 1 saturated carbocycles. The van der Waals surface area contributed by atoms with Gasteiger partial charge in [-0.15, -0.1) is 0 Å². The van der Waals surface area contributed by atoms with Gasteiger partial charge in [0.15, 0.2) is 0 Å². The Bertz CT molecular complexity index is 469. The van der Waals surface area contributed by atoms with Gasteiger partial charge in [0.25, 0.3) is 0 Å². The molecular weight excluding hydrogens is 240 g/mol. The van der Waals surface area contributed by atoms with E-state index in [0.29, 0.717) is 23.8 Å². The zero-order chi connectivity index (χ0) is 14.0. The number of hydrogen-bond donors (Lipinski definition) is 1. The first kappa shape index (κ1) is 13.9. The number of methoxy groups -OCH3 is 1. The fraction of sp³-hybridized carbons (Fsp3) is 0.533. The van der Waals surface area contributed by atoms with Crippen molar-refractivity contribution in [3.63, 3.8) is 0 Å². The number of carbonyl (C=O) groups excluding carboxylic acids is 1. The number of nitrogen functional groups attached to an aromatic ring is 1. The van der Waals surface area contributed by atoms with Gasteiger partial charge >= 0.3 is 5.97 Å². The molecule has 0 bridgehead atoms. The maximum atomic E-state index is 11.8. The van der Waals surface area contributed by atoms with E-state index in [4.69, 9.17) is 10.5 Å². The number of anilines is 1. The monoisotopic (exact) mass is 262 g/mol. The van der Waals surface area contributed by atoms with Gasteiger partial charge in [0.1, 0.15) is 0 Å². The molecule has 2 N–H and O–H groups in total. The number of ether oxygens (including phenoxy) is 1. The van der Waals surface area contributed by atoms with Crippen LogP contribution in [0.4, 0.5) is 5.69 Å². The number of carbonyl (C=O) groups is 1. The summed E-state index contributed by atoms with van der Waals surface area (Å²) in [7, 11) is 3.47. The summed E-state index contributed by atoms with van der Waals surface area (Å²) < 4.78 is 4.82. The Labute approximate surface area is 114 Å². The van der Waals surface area contributed by atoms with Gasteiger partial charge in [-0.25, -0.2) is 4.79 Å². The molecule has 1 atom stereocenters. The highest BCUT2D eigenvalue weighted by atomic mass is 16.5. The standard InChI is InChI=1S/C15H22N2O2/c1-10(11-7-8-11)17(2)9-12-5-4-6-13(16)14(12)15(18)19-3/h4-6,10-11H,7-9,16H2,1-3H3. The van der Waals surface area contributed by atoms with Gasteiger partial charge < -0.3 is 10.5 Å². The minimum atomic E-state index is -0.361. The second kappa shape index (κ2) is 5.61. The molecule has 19 heavy (non-hydrogen) atoms. The molecule has 0 saturated heterocycles. The summed E-state index contributed by atoms with van der Waals surface area (Å²) in [6.07, 6.45) is 2.62. The second-order valence-corrected chi connectivity index (χ2v) is 5.37. The van der Waals surface area contributed by atoms with E-state index in [1.54, 1.807) is 6.07 Å². The smallest absolute Gasteiger partial charge is 0.340 e. The zero-order valence-corrected chi connectivity index (χ0v) is 11.8. The predicted molar refractivity (Wildman–Crippen MR) is 75.8 cm³/mol. The van der Waals surface area contributed by atoms with Crippen LogP contribution in [-0.2, 0) is 11.3 Å². The van der Waals surface area contributed by atoms with Crippen molar-refractivity contribution < 1.29 is 9.53 Å². The lowest BCUT2D eigenvalue weighted by atomic mass is 10.0. The van der Waals surface area contributed by atoms with Crippen molar-refractivity contribution >= 4 is 11.7 Å². The topological polar surface area (TPSA) is 55.6 Å². The first-order chi connectivity index (χ1) is 9.04. The molecule has 0 radical (unpaired) electrons. The van der Waals surface area contributed by atoms with Crippen molar-refractivity contribution in [2.75, 3.05) is 19.9 Å². The van der Waals surface area contributed by atoms with Gasteiger partial charge in [-0.3, -0.25) is 4.90 Å². The number of nitrogens with zero attached hydrogens (tertiary/aromatic N) is 1. The summed E-state index contributed by atoms with van der Waals surface area (Å²) >= 11 is 0. The molecular formula is C15H22N2O2. The van der Waals surface area contributed by atoms with Gasteiger partial charge in [-0.1, -0.05) is 12.1 Å². The third-order valence-corrected chi connectivity index (χ3v) is 3.99. The number of hydrogen-bond acceptors (Lipinski definition) is 4. The van der Waals surface area contributed by atoms with Crippen LogP contribution >= 0.6 is 0 Å². The number of esters is 1. The molecule has 4 heteroatoms. The highest BCUT2D eigenvalue weighted by Gasteiger charge is 2.30. The van der Waals surface area contributed by atoms with Crippen molar-refractivity contribution in [1.29, 1.82) is 0 Å². The lowest BCUT2D eigenvalue weighted by molar-refractivity contribution is 0.0599. The van der Waals surface area contributed by atoms with Gasteiger partial charge in [0, 0.05) is 18.3 Å². The summed E-state index contributed by atoms with van der Waals surface area (Å²) in [5, 5.41) is 0. The van der Waals surface area contributed by atoms with Crippen LogP contribution in [0.1, 0.15) is 35.7 Å². The molecule has 2 rings (SSSR count). The van der Waals surface area contributed by atoms with Crippen molar-refractivity contribution in [3.8, 4) is 0 Å². The van der Waals surface area contributed by atoms with E-state index in [0.717, 1.165) is 11.5 Å². The van der Waals surface area contributed by atoms with Crippen molar-refractivity contribution in [2.24, 2.45) is 5.92 Å². The van der Waals surface area contributed by atoms with Crippen LogP contribution in [0.25, 0.3) is 0 Å². The van der Waals surface area contributed by atoms with Crippen LogP contribution in [0, 0.1) is 5.92 Å². The molecule has 4 nitrogen and oxygen atoms in total. The Morgan fingerprint density at radius 1 is 1.53 bits per heavy atom. The molecule has 1 aliphatic carbocycles. The SMILES string of the molecule is COC(=O)c1c(N)cccc1CN(C)C(C)C1CC1. The molecule has 0 spiro atoms. The average Bonchev–Trinajstić information content (AvgIpc) is 3.21. The van der Waals surface area contributed by atoms with E-state index in [2.05, 4.69) is 18.9 Å². The van der Waals surface area contributed by atoms with E-state index in [9.17, 15) is 4.79 Å². The highest BCUT2D eigenvalue weighted by Crippen LogP contribution is 2.35. The van der Waals surface area contributed by atoms with Crippen LogP contribution < -0.4 is 5.73 Å². The summed E-state index contributed by atoms with van der Waals surface area (Å²) in [5.74, 6) is 0.438. The van der Waals surface area contributed by atoms with E-state index in [-0.39, 0.29) is 5.97 Å². The third kappa shape index (κ3) is 3.07. The summed E-state index contributed by atoms with van der Waals surface area (Å²) in [6.45, 7) is 2.95. The van der Waals surface area contributed by atoms with Gasteiger partial charge in [-0.2, -0.15) is 0 Å². The van der Waals surface area contributed by atoms with Crippen molar-refractivity contribution in [2.45, 2.75) is 32.4 Å². The lowest BCUT2D eigenvalue weighted by Crippen LogP contribution is -2.31. The van der Waals surface area contributed by atoms with Crippen LogP contribution in [0.15, 0.2) is 18.2 Å². The average molecular weight is 262 g/mol. The van der Waals surface area contributed by atoms with Crippen LogP contribution in [-0.4, -0.2) is 31.1 Å². The largest absolute Gasteiger partial charge is 0.465 e. The zero-order valence-electron chi connectivity index (χ0n) is 11.8. The third-order valence-electron chi connectivity index (χ3n) is 3.99. The van der Waals surface area contributed by atoms with Crippen LogP contribution in [0.5, 0.6) is 0 Å². The quantitative estimate of drug-likeness (QED) is 0.653. The first-order valence-electron chi connectivity index (χ1n) is 6.70. The van der Waals surface area contributed by atoms with E-state index < -0.39 is 0 Å². The van der Waals surface area contributed by atoms with Gasteiger partial charge in [0.05, 0.1) is 12.7 Å². The number of rotatable bonds is 5. The molecule has 1 aromatic rings.